The topological polar surface area (TPSA) is 65.1 Å². The van der Waals surface area contributed by atoms with Gasteiger partial charge in [0.15, 0.2) is 6.17 Å². The van der Waals surface area contributed by atoms with Crippen LogP contribution in [-0.4, -0.2) is 34.5 Å². The van der Waals surface area contributed by atoms with Crippen molar-refractivity contribution < 1.29 is 9.59 Å². The molecule has 0 N–H and O–H groups in total. The lowest BCUT2D eigenvalue weighted by Crippen LogP contribution is -2.36. The summed E-state index contributed by atoms with van der Waals surface area (Å²) in [6.45, 7) is 0.516. The third-order valence-corrected chi connectivity index (χ3v) is 3.65. The van der Waals surface area contributed by atoms with Gasteiger partial charge in [-0.2, -0.15) is 20.2 Å². The van der Waals surface area contributed by atoms with E-state index in [2.05, 4.69) is 10.2 Å². The number of fused-ring (bicyclic) bond motifs is 1. The Labute approximate surface area is 126 Å². The molecular formula is C16H12N4O2. The van der Waals surface area contributed by atoms with Gasteiger partial charge in [-0.15, -0.1) is 0 Å². The molecule has 2 aromatic carbocycles. The van der Waals surface area contributed by atoms with Gasteiger partial charge < -0.3 is 0 Å². The second-order valence-electron chi connectivity index (χ2n) is 5.12. The molecule has 6 nitrogen and oxygen atoms in total. The first-order valence-electron chi connectivity index (χ1n) is 6.96. The van der Waals surface area contributed by atoms with Gasteiger partial charge in [0.2, 0.25) is 0 Å². The van der Waals surface area contributed by atoms with E-state index in [1.165, 1.54) is 5.01 Å². The van der Waals surface area contributed by atoms with Gasteiger partial charge in [0.1, 0.15) is 0 Å². The summed E-state index contributed by atoms with van der Waals surface area (Å²) in [5.74, 6) is -0.587. The Bertz CT molecular complexity index is 753. The molecule has 0 saturated carbocycles. The van der Waals surface area contributed by atoms with E-state index in [4.69, 9.17) is 0 Å². The minimum absolute atomic E-state index is 0.262. The zero-order valence-corrected chi connectivity index (χ0v) is 11.6. The minimum Gasteiger partial charge on any atom is -0.267 e. The van der Waals surface area contributed by atoms with E-state index in [-0.39, 0.29) is 18.0 Å². The number of amides is 2. The Balaban J connectivity index is 1.51. The molecule has 108 valence electrons. The highest BCUT2D eigenvalue weighted by Crippen LogP contribution is 2.31. The average Bonchev–Trinajstić information content (AvgIpc) is 3.28. The van der Waals surface area contributed by atoms with Crippen molar-refractivity contribution in [2.24, 2.45) is 10.2 Å². The highest BCUT2D eigenvalue weighted by molar-refractivity contribution is 6.21. The molecule has 2 aliphatic rings. The Morgan fingerprint density at radius 3 is 2.09 bits per heavy atom. The van der Waals surface area contributed by atoms with Crippen molar-refractivity contribution in [2.45, 2.75) is 6.17 Å². The molecule has 2 aromatic rings. The molecule has 2 aliphatic heterocycles. The zero-order chi connectivity index (χ0) is 15.1. The summed E-state index contributed by atoms with van der Waals surface area (Å²) < 4.78 is 0. The van der Waals surface area contributed by atoms with Crippen molar-refractivity contribution in [1.29, 1.82) is 0 Å². The van der Waals surface area contributed by atoms with Crippen LogP contribution in [0.4, 0.5) is 5.69 Å². The summed E-state index contributed by atoms with van der Waals surface area (Å²) in [5, 5.41) is 11.1. The number of benzene rings is 2. The molecule has 1 saturated heterocycles. The second-order valence-corrected chi connectivity index (χ2v) is 5.12. The molecule has 0 radical (unpaired) electrons. The smallest absolute Gasteiger partial charge is 0.267 e. The summed E-state index contributed by atoms with van der Waals surface area (Å²) >= 11 is 0. The molecule has 0 spiro atoms. The Kier molecular flexibility index (Phi) is 2.83. The van der Waals surface area contributed by atoms with Crippen LogP contribution < -0.4 is 0 Å². The summed E-state index contributed by atoms with van der Waals surface area (Å²) in [7, 11) is 0. The van der Waals surface area contributed by atoms with Crippen LogP contribution in [0.5, 0.6) is 0 Å². The Morgan fingerprint density at radius 1 is 0.864 bits per heavy atom. The van der Waals surface area contributed by atoms with Gasteiger partial charge in [-0.05, 0) is 24.3 Å². The van der Waals surface area contributed by atoms with E-state index in [0.29, 0.717) is 17.7 Å². The fraction of sp³-hybridized carbons (Fsp3) is 0.125. The lowest BCUT2D eigenvalue weighted by Gasteiger charge is -2.13. The quantitative estimate of drug-likeness (QED) is 0.496. The van der Waals surface area contributed by atoms with Crippen LogP contribution in [0.25, 0.3) is 0 Å². The zero-order valence-electron chi connectivity index (χ0n) is 11.6. The van der Waals surface area contributed by atoms with E-state index in [1.807, 2.05) is 30.3 Å². The second kappa shape index (κ2) is 4.85. The van der Waals surface area contributed by atoms with Gasteiger partial charge in [0.05, 0.1) is 23.4 Å². The normalized spacial score (nSPS) is 23.2. The number of nitrogens with zero attached hydrogens (tertiary/aromatic N) is 4. The van der Waals surface area contributed by atoms with Crippen molar-refractivity contribution in [3.63, 3.8) is 0 Å². The molecule has 4 rings (SSSR count). The van der Waals surface area contributed by atoms with Crippen LogP contribution in [0.3, 0.4) is 0 Å². The van der Waals surface area contributed by atoms with Gasteiger partial charge >= 0.3 is 0 Å². The van der Waals surface area contributed by atoms with Crippen LogP contribution in [0.1, 0.15) is 20.7 Å². The molecule has 0 bridgehead atoms. The average molecular weight is 292 g/mol. The van der Waals surface area contributed by atoms with Crippen LogP contribution in [-0.2, 0) is 0 Å². The molecule has 2 heterocycles. The lowest BCUT2D eigenvalue weighted by atomic mass is 10.1. The van der Waals surface area contributed by atoms with Crippen LogP contribution in [0, 0.1) is 0 Å². The van der Waals surface area contributed by atoms with Gasteiger partial charge in [0, 0.05) is 0 Å². The number of azo groups is 1. The molecule has 1 fully saturated rings. The standard InChI is InChI=1S/C16H12N4O2/c21-15-12-8-4-5-9-13(12)16(22)20(15)19-10-14(19)18-17-11-6-2-1-3-7-11/h1-9,14H,10H2. The third kappa shape index (κ3) is 2.01. The largest absolute Gasteiger partial charge is 0.276 e. The van der Waals surface area contributed by atoms with Crippen LogP contribution in [0.15, 0.2) is 64.8 Å². The fourth-order valence-corrected chi connectivity index (χ4v) is 2.47. The predicted octanol–water partition coefficient (Wildman–Crippen LogP) is 2.62. The Morgan fingerprint density at radius 2 is 1.45 bits per heavy atom. The molecule has 2 unspecified atom stereocenters. The maximum atomic E-state index is 12.3. The molecule has 0 aliphatic carbocycles. The molecular weight excluding hydrogens is 280 g/mol. The summed E-state index contributed by atoms with van der Waals surface area (Å²) in [5.41, 5.74) is 1.63. The van der Waals surface area contributed by atoms with Crippen molar-refractivity contribution in [3.05, 3.63) is 65.7 Å². The summed E-state index contributed by atoms with van der Waals surface area (Å²) in [6.07, 6.45) is -0.262. The van der Waals surface area contributed by atoms with Crippen LogP contribution >= 0.6 is 0 Å². The van der Waals surface area contributed by atoms with E-state index in [9.17, 15) is 9.59 Å². The number of carbonyl (C=O) groups is 2. The number of carbonyl (C=O) groups excluding carboxylic acids is 2. The Hall–Kier alpha value is -2.86. The minimum atomic E-state index is -0.294. The van der Waals surface area contributed by atoms with Crippen molar-refractivity contribution in [1.82, 2.24) is 10.0 Å². The van der Waals surface area contributed by atoms with E-state index in [1.54, 1.807) is 29.3 Å². The van der Waals surface area contributed by atoms with E-state index >= 15 is 0 Å². The summed E-state index contributed by atoms with van der Waals surface area (Å²) in [6, 6.07) is 16.2. The van der Waals surface area contributed by atoms with Crippen LogP contribution in [0.2, 0.25) is 0 Å². The van der Waals surface area contributed by atoms with E-state index < -0.39 is 0 Å². The molecule has 2 atom stereocenters. The highest BCUT2D eigenvalue weighted by Gasteiger charge is 2.49. The number of hydrazine groups is 1. The summed E-state index contributed by atoms with van der Waals surface area (Å²) in [4.78, 5) is 24.6. The number of hydrogen-bond donors (Lipinski definition) is 0. The third-order valence-electron chi connectivity index (χ3n) is 3.65. The molecule has 6 heteroatoms. The SMILES string of the molecule is O=C1c2ccccc2C(=O)N1N1CC1N=Nc1ccccc1. The molecule has 0 aromatic heterocycles. The first-order chi connectivity index (χ1) is 10.8. The number of imide groups is 1. The van der Waals surface area contributed by atoms with Gasteiger partial charge in [-0.3, -0.25) is 9.59 Å². The number of rotatable bonds is 3. The van der Waals surface area contributed by atoms with Crippen molar-refractivity contribution in [3.8, 4) is 0 Å². The molecule has 22 heavy (non-hydrogen) atoms. The number of hydrogen-bond acceptors (Lipinski definition) is 5. The first-order valence-corrected chi connectivity index (χ1v) is 6.96. The van der Waals surface area contributed by atoms with Gasteiger partial charge in [-0.25, -0.2) is 0 Å². The highest BCUT2D eigenvalue weighted by atomic mass is 16.2. The van der Waals surface area contributed by atoms with Gasteiger partial charge in [-0.1, -0.05) is 30.3 Å². The van der Waals surface area contributed by atoms with Crippen molar-refractivity contribution in [2.75, 3.05) is 6.54 Å². The first kappa shape index (κ1) is 12.8. The molecule has 2 amide bonds. The van der Waals surface area contributed by atoms with E-state index in [0.717, 1.165) is 5.69 Å². The lowest BCUT2D eigenvalue weighted by molar-refractivity contribution is 0.0371. The predicted molar refractivity (Wildman–Crippen MR) is 78.4 cm³/mol. The fourth-order valence-electron chi connectivity index (χ4n) is 2.47. The maximum absolute atomic E-state index is 12.3. The maximum Gasteiger partial charge on any atom is 0.276 e. The monoisotopic (exact) mass is 292 g/mol. The van der Waals surface area contributed by atoms with Crippen molar-refractivity contribution >= 4 is 17.5 Å². The van der Waals surface area contributed by atoms with Gasteiger partial charge in [0.25, 0.3) is 11.8 Å².